The number of nitro groups is 1. The molecule has 3 N–H and O–H groups in total. The van der Waals surface area contributed by atoms with Crippen molar-refractivity contribution in [2.75, 3.05) is 23.4 Å². The zero-order valence-electron chi connectivity index (χ0n) is 11.8. The van der Waals surface area contributed by atoms with Gasteiger partial charge in [-0.1, -0.05) is 19.8 Å². The third-order valence-electron chi connectivity index (χ3n) is 3.96. The second-order valence-electron chi connectivity index (χ2n) is 5.36. The van der Waals surface area contributed by atoms with Crippen molar-refractivity contribution in [1.29, 1.82) is 0 Å². The second kappa shape index (κ2) is 6.56. The number of nitro benzene ring substituents is 1. The molecular weight excluding hydrogens is 256 g/mol. The molecule has 6 nitrogen and oxygen atoms in total. The van der Waals surface area contributed by atoms with Crippen LogP contribution in [0, 0.1) is 16.0 Å². The smallest absolute Gasteiger partial charge is 0.273 e. The number of hydrogen-bond acceptors (Lipinski definition) is 5. The molecule has 20 heavy (non-hydrogen) atoms. The monoisotopic (exact) mass is 278 g/mol. The molecule has 1 saturated heterocycles. The minimum Gasteiger partial charge on any atom is -0.371 e. The maximum absolute atomic E-state index is 11.0. The largest absolute Gasteiger partial charge is 0.371 e. The molecule has 0 saturated carbocycles. The van der Waals surface area contributed by atoms with E-state index >= 15 is 0 Å². The van der Waals surface area contributed by atoms with Gasteiger partial charge < -0.3 is 10.3 Å². The number of nitrogen functional groups attached to an aromatic ring is 1. The molecule has 0 bridgehead atoms. The van der Waals surface area contributed by atoms with E-state index in [4.69, 9.17) is 5.84 Å². The van der Waals surface area contributed by atoms with Gasteiger partial charge in [-0.05, 0) is 24.8 Å². The van der Waals surface area contributed by atoms with Crippen LogP contribution in [0.1, 0.15) is 32.6 Å². The second-order valence-corrected chi connectivity index (χ2v) is 5.36. The number of nitrogens with two attached hydrogens (primary N) is 1. The van der Waals surface area contributed by atoms with Crippen LogP contribution in [-0.2, 0) is 0 Å². The number of non-ortho nitro benzene ring substituents is 1. The molecule has 1 aromatic carbocycles. The maximum atomic E-state index is 11.0. The summed E-state index contributed by atoms with van der Waals surface area (Å²) in [5, 5.41) is 11.0. The molecular formula is C14H22N4O2. The van der Waals surface area contributed by atoms with E-state index in [1.165, 1.54) is 18.9 Å². The van der Waals surface area contributed by atoms with Crippen LogP contribution in [-0.4, -0.2) is 18.0 Å². The van der Waals surface area contributed by atoms with Crippen LogP contribution in [0.2, 0.25) is 0 Å². The topological polar surface area (TPSA) is 84.4 Å². The fourth-order valence-electron chi connectivity index (χ4n) is 2.85. The molecule has 1 aliphatic heterocycles. The number of nitrogens with zero attached hydrogens (tertiary/aromatic N) is 2. The van der Waals surface area contributed by atoms with Crippen LogP contribution < -0.4 is 16.2 Å². The van der Waals surface area contributed by atoms with Crippen molar-refractivity contribution >= 4 is 17.1 Å². The first-order chi connectivity index (χ1) is 9.63. The van der Waals surface area contributed by atoms with Crippen molar-refractivity contribution in [1.82, 2.24) is 0 Å². The van der Waals surface area contributed by atoms with Gasteiger partial charge in [0.05, 0.1) is 10.6 Å². The lowest BCUT2D eigenvalue weighted by molar-refractivity contribution is -0.384. The zero-order chi connectivity index (χ0) is 14.5. The minimum absolute atomic E-state index is 0.0751. The first-order valence-electron chi connectivity index (χ1n) is 7.15. The van der Waals surface area contributed by atoms with Gasteiger partial charge in [0.25, 0.3) is 5.69 Å². The lowest BCUT2D eigenvalue weighted by Gasteiger charge is -2.33. The fourth-order valence-corrected chi connectivity index (χ4v) is 2.85. The molecule has 2 rings (SSSR count). The van der Waals surface area contributed by atoms with Gasteiger partial charge in [0, 0.05) is 30.9 Å². The Balaban J connectivity index is 2.12. The van der Waals surface area contributed by atoms with Crippen LogP contribution >= 0.6 is 0 Å². The summed E-state index contributed by atoms with van der Waals surface area (Å²) in [6.07, 6.45) is 4.81. The van der Waals surface area contributed by atoms with E-state index in [1.54, 1.807) is 6.07 Å². The highest BCUT2D eigenvalue weighted by Gasteiger charge is 2.20. The van der Waals surface area contributed by atoms with Gasteiger partial charge in [-0.15, -0.1) is 0 Å². The highest BCUT2D eigenvalue weighted by Crippen LogP contribution is 2.30. The standard InChI is InChI=1S/C14H22N4O2/c1-2-3-11-4-6-17(7-5-11)13-8-12(16-15)9-14(10-13)18(19)20/h8-11,16H,2-7,15H2,1H3. The lowest BCUT2D eigenvalue weighted by atomic mass is 9.92. The summed E-state index contributed by atoms with van der Waals surface area (Å²) in [6.45, 7) is 4.12. The third-order valence-corrected chi connectivity index (χ3v) is 3.96. The molecule has 0 aromatic heterocycles. The molecule has 1 heterocycles. The zero-order valence-corrected chi connectivity index (χ0v) is 11.8. The summed E-state index contributed by atoms with van der Waals surface area (Å²) in [5.74, 6) is 6.18. The molecule has 0 amide bonds. The van der Waals surface area contributed by atoms with Gasteiger partial charge in [0.15, 0.2) is 0 Å². The summed E-state index contributed by atoms with van der Waals surface area (Å²) < 4.78 is 0. The fraction of sp³-hybridized carbons (Fsp3) is 0.571. The van der Waals surface area contributed by atoms with Crippen LogP contribution in [0.5, 0.6) is 0 Å². The van der Waals surface area contributed by atoms with Crippen LogP contribution in [0.3, 0.4) is 0 Å². The molecule has 0 aliphatic carbocycles. The quantitative estimate of drug-likeness (QED) is 0.491. The van der Waals surface area contributed by atoms with Gasteiger partial charge >= 0.3 is 0 Å². The number of rotatable bonds is 5. The van der Waals surface area contributed by atoms with E-state index in [1.807, 2.05) is 6.07 Å². The number of piperidine rings is 1. The van der Waals surface area contributed by atoms with Gasteiger partial charge in [0.1, 0.15) is 0 Å². The highest BCUT2D eigenvalue weighted by atomic mass is 16.6. The molecule has 1 fully saturated rings. The van der Waals surface area contributed by atoms with Crippen molar-refractivity contribution in [3.63, 3.8) is 0 Å². The number of benzene rings is 1. The Morgan fingerprint density at radius 2 is 2.10 bits per heavy atom. The summed E-state index contributed by atoms with van der Waals surface area (Å²) in [5.41, 5.74) is 4.03. The first-order valence-corrected chi connectivity index (χ1v) is 7.15. The first kappa shape index (κ1) is 14.6. The Morgan fingerprint density at radius 1 is 1.40 bits per heavy atom. The normalized spacial score (nSPS) is 16.2. The summed E-state index contributed by atoms with van der Waals surface area (Å²) >= 11 is 0. The van der Waals surface area contributed by atoms with Crippen molar-refractivity contribution in [3.8, 4) is 0 Å². The van der Waals surface area contributed by atoms with Crippen molar-refractivity contribution in [3.05, 3.63) is 28.3 Å². The molecule has 6 heteroatoms. The van der Waals surface area contributed by atoms with E-state index in [0.717, 1.165) is 37.5 Å². The SMILES string of the molecule is CCCC1CCN(c2cc(NN)cc([N+](=O)[O-])c2)CC1. The van der Waals surface area contributed by atoms with E-state index in [9.17, 15) is 10.1 Å². The summed E-state index contributed by atoms with van der Waals surface area (Å²) in [4.78, 5) is 12.8. The average molecular weight is 278 g/mol. The molecule has 0 unspecified atom stereocenters. The van der Waals surface area contributed by atoms with Crippen LogP contribution in [0.15, 0.2) is 18.2 Å². The Kier molecular flexibility index (Phi) is 4.79. The molecule has 0 radical (unpaired) electrons. The van der Waals surface area contributed by atoms with E-state index in [0.29, 0.717) is 5.69 Å². The number of hydrogen-bond donors (Lipinski definition) is 2. The molecule has 1 aliphatic rings. The van der Waals surface area contributed by atoms with Crippen molar-refractivity contribution < 1.29 is 4.92 Å². The lowest BCUT2D eigenvalue weighted by Crippen LogP contribution is -2.33. The Bertz CT molecular complexity index is 470. The van der Waals surface area contributed by atoms with Crippen LogP contribution in [0.25, 0.3) is 0 Å². The molecule has 0 atom stereocenters. The Morgan fingerprint density at radius 3 is 2.65 bits per heavy atom. The van der Waals surface area contributed by atoms with Crippen molar-refractivity contribution in [2.24, 2.45) is 11.8 Å². The predicted molar refractivity (Wildman–Crippen MR) is 80.8 cm³/mol. The number of anilines is 2. The highest BCUT2D eigenvalue weighted by molar-refractivity contribution is 5.64. The van der Waals surface area contributed by atoms with Gasteiger partial charge in [-0.25, -0.2) is 0 Å². The predicted octanol–water partition coefficient (Wildman–Crippen LogP) is 2.90. The van der Waals surface area contributed by atoms with E-state index in [2.05, 4.69) is 17.2 Å². The summed E-state index contributed by atoms with van der Waals surface area (Å²) in [6, 6.07) is 4.95. The maximum Gasteiger partial charge on any atom is 0.273 e. The Labute approximate surface area is 119 Å². The van der Waals surface area contributed by atoms with Gasteiger partial charge in [-0.2, -0.15) is 0 Å². The number of hydrazine groups is 1. The number of nitrogens with one attached hydrogen (secondary N) is 1. The molecule has 110 valence electrons. The average Bonchev–Trinajstić information content (AvgIpc) is 2.47. The molecule has 0 spiro atoms. The van der Waals surface area contributed by atoms with E-state index < -0.39 is 0 Å². The summed E-state index contributed by atoms with van der Waals surface area (Å²) in [7, 11) is 0. The van der Waals surface area contributed by atoms with Crippen molar-refractivity contribution in [2.45, 2.75) is 32.6 Å². The van der Waals surface area contributed by atoms with E-state index in [-0.39, 0.29) is 10.6 Å². The van der Waals surface area contributed by atoms with Crippen LogP contribution in [0.4, 0.5) is 17.1 Å². The Hall–Kier alpha value is -1.82. The third kappa shape index (κ3) is 3.39. The van der Waals surface area contributed by atoms with Gasteiger partial charge in [-0.3, -0.25) is 16.0 Å². The molecule has 1 aromatic rings. The van der Waals surface area contributed by atoms with Gasteiger partial charge in [0.2, 0.25) is 0 Å². The minimum atomic E-state index is -0.381.